The Morgan fingerprint density at radius 2 is 1.45 bits per heavy atom. The van der Waals surface area contributed by atoms with Crippen molar-refractivity contribution in [2.75, 3.05) is 5.32 Å². The van der Waals surface area contributed by atoms with Crippen LogP contribution in [0.2, 0.25) is 0 Å². The van der Waals surface area contributed by atoms with E-state index >= 15 is 0 Å². The monoisotopic (exact) mass is 561 g/mol. The number of para-hydroxylation sites is 1. The molecule has 6 heteroatoms. The van der Waals surface area contributed by atoms with E-state index in [2.05, 4.69) is 27.3 Å². The number of piperazine rings is 1. The van der Waals surface area contributed by atoms with Gasteiger partial charge in [-0.15, -0.1) is 0 Å². The highest BCUT2D eigenvalue weighted by Gasteiger charge is 2.67. The van der Waals surface area contributed by atoms with Crippen LogP contribution in [0.5, 0.6) is 0 Å². The zero-order valence-electron chi connectivity index (χ0n) is 20.4. The number of nitrogens with one attached hydrogen (secondary N) is 1. The van der Waals surface area contributed by atoms with Crippen molar-refractivity contribution in [3.8, 4) is 0 Å². The summed E-state index contributed by atoms with van der Waals surface area (Å²) in [6, 6.07) is 35.1. The SMILES string of the molecule is O=C1C(c2ccc(Br)cc2)N2C(=O)C=C(c3ccccc3)C23c2ccccc2NC3N1Cc1ccccc1. The minimum Gasteiger partial charge on any atom is -0.362 e. The molecule has 1 fully saturated rings. The van der Waals surface area contributed by atoms with Crippen LogP contribution in [0.4, 0.5) is 5.69 Å². The Morgan fingerprint density at radius 3 is 2.18 bits per heavy atom. The highest BCUT2D eigenvalue weighted by Crippen LogP contribution is 2.60. The van der Waals surface area contributed by atoms with Crippen LogP contribution in [-0.2, 0) is 21.7 Å². The Morgan fingerprint density at radius 1 is 0.789 bits per heavy atom. The van der Waals surface area contributed by atoms with Gasteiger partial charge in [0.05, 0.1) is 0 Å². The van der Waals surface area contributed by atoms with E-state index in [4.69, 9.17) is 0 Å². The van der Waals surface area contributed by atoms with Gasteiger partial charge in [0.2, 0.25) is 5.91 Å². The molecule has 186 valence electrons. The maximum Gasteiger partial charge on any atom is 0.252 e. The smallest absolute Gasteiger partial charge is 0.252 e. The van der Waals surface area contributed by atoms with Gasteiger partial charge in [0.1, 0.15) is 17.7 Å². The number of rotatable bonds is 4. The first kappa shape index (κ1) is 23.0. The third-order valence-electron chi connectivity index (χ3n) is 7.87. The molecule has 4 aromatic carbocycles. The molecule has 1 spiro atoms. The first-order valence-electron chi connectivity index (χ1n) is 12.7. The fourth-order valence-electron chi connectivity index (χ4n) is 6.34. The van der Waals surface area contributed by atoms with E-state index in [0.717, 1.165) is 38.0 Å². The Labute approximate surface area is 229 Å². The van der Waals surface area contributed by atoms with Crippen molar-refractivity contribution in [2.24, 2.45) is 0 Å². The van der Waals surface area contributed by atoms with Gasteiger partial charge in [-0.3, -0.25) is 9.59 Å². The summed E-state index contributed by atoms with van der Waals surface area (Å²) >= 11 is 3.52. The van der Waals surface area contributed by atoms with E-state index in [1.165, 1.54) is 0 Å². The molecule has 3 aliphatic rings. The Kier molecular flexibility index (Phi) is 5.27. The molecular formula is C32H24BrN3O2. The summed E-state index contributed by atoms with van der Waals surface area (Å²) in [5.41, 5.74) is 4.73. The van der Waals surface area contributed by atoms with Crippen LogP contribution >= 0.6 is 15.9 Å². The molecule has 0 bridgehead atoms. The molecule has 2 amide bonds. The van der Waals surface area contributed by atoms with Crippen molar-refractivity contribution in [3.63, 3.8) is 0 Å². The summed E-state index contributed by atoms with van der Waals surface area (Å²) < 4.78 is 0.918. The number of anilines is 1. The van der Waals surface area contributed by atoms with Gasteiger partial charge in [0.25, 0.3) is 5.91 Å². The van der Waals surface area contributed by atoms with Crippen LogP contribution in [0.25, 0.3) is 5.57 Å². The molecule has 1 saturated heterocycles. The van der Waals surface area contributed by atoms with Gasteiger partial charge in [0.15, 0.2) is 0 Å². The minimum absolute atomic E-state index is 0.104. The number of fused-ring (bicyclic) bond motifs is 1. The number of benzene rings is 4. The number of halogens is 1. The van der Waals surface area contributed by atoms with Gasteiger partial charge in [-0.05, 0) is 40.5 Å². The molecule has 0 saturated carbocycles. The molecule has 7 rings (SSSR count). The number of hydrogen-bond acceptors (Lipinski definition) is 3. The number of carbonyl (C=O) groups is 2. The Bertz CT molecular complexity index is 1590. The summed E-state index contributed by atoms with van der Waals surface area (Å²) in [6.45, 7) is 0.421. The van der Waals surface area contributed by atoms with Gasteiger partial charge >= 0.3 is 0 Å². The second-order valence-corrected chi connectivity index (χ2v) is 10.8. The van der Waals surface area contributed by atoms with Crippen LogP contribution in [0.1, 0.15) is 28.3 Å². The lowest BCUT2D eigenvalue weighted by Gasteiger charge is -2.54. The number of hydrogen-bond donors (Lipinski definition) is 1. The third kappa shape index (κ3) is 3.23. The van der Waals surface area contributed by atoms with Gasteiger partial charge < -0.3 is 15.1 Å². The third-order valence-corrected chi connectivity index (χ3v) is 8.40. The van der Waals surface area contributed by atoms with Crippen LogP contribution in [0, 0.1) is 0 Å². The zero-order valence-corrected chi connectivity index (χ0v) is 22.0. The van der Waals surface area contributed by atoms with Crippen molar-refractivity contribution in [2.45, 2.75) is 24.3 Å². The molecule has 3 aliphatic heterocycles. The van der Waals surface area contributed by atoms with Crippen LogP contribution in [0.3, 0.4) is 0 Å². The molecule has 3 unspecified atom stereocenters. The summed E-state index contributed by atoms with van der Waals surface area (Å²) in [5.74, 6) is -0.263. The Hall–Kier alpha value is -4.16. The predicted octanol–water partition coefficient (Wildman–Crippen LogP) is 6.11. The lowest BCUT2D eigenvalue weighted by molar-refractivity contribution is -0.162. The molecule has 1 N–H and O–H groups in total. The second kappa shape index (κ2) is 8.71. The molecule has 3 atom stereocenters. The summed E-state index contributed by atoms with van der Waals surface area (Å²) in [7, 11) is 0. The average Bonchev–Trinajstić information content (AvgIpc) is 3.45. The molecule has 38 heavy (non-hydrogen) atoms. The molecule has 0 aliphatic carbocycles. The first-order valence-corrected chi connectivity index (χ1v) is 13.4. The maximum atomic E-state index is 14.5. The number of nitrogens with zero attached hydrogens (tertiary/aromatic N) is 2. The topological polar surface area (TPSA) is 52.7 Å². The molecular weight excluding hydrogens is 538 g/mol. The fraction of sp³-hybridized carbons (Fsp3) is 0.125. The van der Waals surface area contributed by atoms with E-state index in [-0.39, 0.29) is 11.8 Å². The van der Waals surface area contributed by atoms with Crippen LogP contribution < -0.4 is 5.32 Å². The van der Waals surface area contributed by atoms with Crippen LogP contribution in [0.15, 0.2) is 120 Å². The fourth-order valence-corrected chi connectivity index (χ4v) is 6.60. The lowest BCUT2D eigenvalue weighted by atomic mass is 9.75. The molecule has 4 aromatic rings. The number of carbonyl (C=O) groups excluding carboxylic acids is 2. The lowest BCUT2D eigenvalue weighted by Crippen LogP contribution is -2.68. The molecule has 3 heterocycles. The summed E-state index contributed by atoms with van der Waals surface area (Å²) in [5, 5.41) is 3.66. The van der Waals surface area contributed by atoms with Gasteiger partial charge in [-0.25, -0.2) is 0 Å². The molecule has 0 radical (unpaired) electrons. The van der Waals surface area contributed by atoms with Crippen molar-refractivity contribution in [1.82, 2.24) is 9.80 Å². The van der Waals surface area contributed by atoms with E-state index in [1.54, 1.807) is 6.08 Å². The van der Waals surface area contributed by atoms with Crippen molar-refractivity contribution in [3.05, 3.63) is 142 Å². The largest absolute Gasteiger partial charge is 0.362 e. The highest BCUT2D eigenvalue weighted by molar-refractivity contribution is 9.10. The molecule has 0 aromatic heterocycles. The van der Waals surface area contributed by atoms with Gasteiger partial charge in [-0.2, -0.15) is 0 Å². The van der Waals surface area contributed by atoms with Gasteiger partial charge in [-0.1, -0.05) is 107 Å². The normalized spacial score (nSPS) is 23.4. The van der Waals surface area contributed by atoms with E-state index in [9.17, 15) is 9.59 Å². The Balaban J connectivity index is 1.50. The summed E-state index contributed by atoms with van der Waals surface area (Å²) in [6.07, 6.45) is 1.26. The maximum absolute atomic E-state index is 14.5. The first-order chi connectivity index (χ1) is 18.6. The van der Waals surface area contributed by atoms with Gasteiger partial charge in [0, 0.05) is 28.3 Å². The van der Waals surface area contributed by atoms with Crippen LogP contribution in [-0.4, -0.2) is 27.8 Å². The second-order valence-electron chi connectivity index (χ2n) is 9.90. The van der Waals surface area contributed by atoms with E-state index in [1.807, 2.05) is 113 Å². The average molecular weight is 562 g/mol. The van der Waals surface area contributed by atoms with Crippen molar-refractivity contribution >= 4 is 39.0 Å². The van der Waals surface area contributed by atoms with Crippen molar-refractivity contribution in [1.29, 1.82) is 0 Å². The summed E-state index contributed by atoms with van der Waals surface area (Å²) in [4.78, 5) is 32.3. The highest BCUT2D eigenvalue weighted by atomic mass is 79.9. The van der Waals surface area contributed by atoms with E-state index < -0.39 is 17.7 Å². The predicted molar refractivity (Wildman–Crippen MR) is 151 cm³/mol. The van der Waals surface area contributed by atoms with Crippen molar-refractivity contribution < 1.29 is 9.59 Å². The number of amides is 2. The standard InChI is InChI=1S/C32H24BrN3O2/c33-24-17-15-23(16-18-24)29-30(38)35(20-21-9-3-1-4-10-21)31-32(25-13-7-8-14-27(25)34-31)26(19-28(37)36(29)32)22-11-5-2-6-12-22/h1-19,29,31,34H,20H2. The minimum atomic E-state index is -0.893. The van der Waals surface area contributed by atoms with E-state index in [0.29, 0.717) is 6.54 Å². The quantitative estimate of drug-likeness (QED) is 0.327. The molecule has 5 nitrogen and oxygen atoms in total. The zero-order chi connectivity index (χ0) is 25.9.